The zero-order valence-electron chi connectivity index (χ0n) is 46.0. The highest BCUT2D eigenvalue weighted by Crippen LogP contribution is 2.23. The van der Waals surface area contributed by atoms with E-state index in [-0.39, 0.29) is 12.5 Å². The average Bonchev–Trinajstić information content (AvgIpc) is 3.37. The number of carbonyl (C=O) groups is 1. The summed E-state index contributed by atoms with van der Waals surface area (Å²) >= 11 is 0. The molecule has 7 atom stereocenters. The van der Waals surface area contributed by atoms with E-state index in [9.17, 15) is 30.3 Å². The second kappa shape index (κ2) is 51.4. The van der Waals surface area contributed by atoms with Crippen molar-refractivity contribution in [1.82, 2.24) is 5.32 Å². The van der Waals surface area contributed by atoms with Crippen LogP contribution in [0.5, 0.6) is 0 Å². The first-order valence-electron chi connectivity index (χ1n) is 30.0. The minimum atomic E-state index is -1.56. The van der Waals surface area contributed by atoms with Gasteiger partial charge in [0.25, 0.3) is 0 Å². The zero-order chi connectivity index (χ0) is 51.5. The maximum Gasteiger partial charge on any atom is 0.220 e. The van der Waals surface area contributed by atoms with Crippen LogP contribution in [0, 0.1) is 0 Å². The number of rotatable bonds is 51. The Morgan fingerprint density at radius 3 is 1.30 bits per heavy atom. The fourth-order valence-corrected chi connectivity index (χ4v) is 9.43. The second-order valence-corrected chi connectivity index (χ2v) is 20.8. The largest absolute Gasteiger partial charge is 0.394 e. The van der Waals surface area contributed by atoms with Crippen molar-refractivity contribution in [3.05, 3.63) is 60.8 Å². The lowest BCUT2D eigenvalue weighted by atomic mass is 9.99. The van der Waals surface area contributed by atoms with Crippen molar-refractivity contribution < 1.29 is 39.8 Å². The van der Waals surface area contributed by atoms with Crippen molar-refractivity contribution in [3.63, 3.8) is 0 Å². The first-order valence-corrected chi connectivity index (χ1v) is 30.0. The third-order valence-electron chi connectivity index (χ3n) is 14.1. The van der Waals surface area contributed by atoms with E-state index in [2.05, 4.69) is 79.9 Å². The van der Waals surface area contributed by atoms with Crippen molar-refractivity contribution in [2.24, 2.45) is 0 Å². The van der Waals surface area contributed by atoms with Crippen LogP contribution in [-0.4, -0.2) is 87.5 Å². The fraction of sp³-hybridized carbons (Fsp3) is 0.823. The molecule has 1 heterocycles. The number of allylic oxidation sites excluding steroid dienone is 10. The van der Waals surface area contributed by atoms with Gasteiger partial charge in [0.1, 0.15) is 24.4 Å². The highest BCUT2D eigenvalue weighted by atomic mass is 16.7. The molecule has 9 nitrogen and oxygen atoms in total. The van der Waals surface area contributed by atoms with E-state index in [0.29, 0.717) is 12.8 Å². The van der Waals surface area contributed by atoms with Gasteiger partial charge in [-0.1, -0.05) is 267 Å². The highest BCUT2D eigenvalue weighted by Gasteiger charge is 2.44. The Morgan fingerprint density at radius 2 is 0.873 bits per heavy atom. The van der Waals surface area contributed by atoms with Gasteiger partial charge in [0.15, 0.2) is 6.29 Å². The lowest BCUT2D eigenvalue weighted by Gasteiger charge is -2.40. The van der Waals surface area contributed by atoms with Crippen LogP contribution in [0.4, 0.5) is 0 Å². The fourth-order valence-electron chi connectivity index (χ4n) is 9.43. The third kappa shape index (κ3) is 40.9. The number of aliphatic hydroxyl groups is 5. The number of unbranched alkanes of at least 4 members (excludes halogenated alkanes) is 31. The monoisotopic (exact) mass is 1000 g/mol. The number of carbonyl (C=O) groups excluding carboxylic acids is 1. The topological polar surface area (TPSA) is 149 Å². The van der Waals surface area contributed by atoms with Gasteiger partial charge in [0.2, 0.25) is 5.91 Å². The van der Waals surface area contributed by atoms with Crippen molar-refractivity contribution >= 4 is 5.91 Å². The van der Waals surface area contributed by atoms with E-state index in [4.69, 9.17) is 9.47 Å². The molecule has 0 saturated carbocycles. The SMILES string of the molecule is CC/C=C\C/C=C\C/C=C\C/C=C\C/C=C\CCCCCCCCCCCC(=O)NC(COC1OC(CO)C(O)C(O)C1O)C(O)CCCCCCCCCCCCCCCCCCCCCCCCC. The molecule has 1 fully saturated rings. The van der Waals surface area contributed by atoms with Crippen LogP contribution in [0.15, 0.2) is 60.8 Å². The number of amides is 1. The van der Waals surface area contributed by atoms with E-state index in [0.717, 1.165) is 77.0 Å². The van der Waals surface area contributed by atoms with Gasteiger partial charge in [-0.15, -0.1) is 0 Å². The van der Waals surface area contributed by atoms with Crippen LogP contribution < -0.4 is 5.32 Å². The summed E-state index contributed by atoms with van der Waals surface area (Å²) in [6.07, 6.45) is 62.4. The smallest absolute Gasteiger partial charge is 0.220 e. The van der Waals surface area contributed by atoms with E-state index >= 15 is 0 Å². The summed E-state index contributed by atoms with van der Waals surface area (Å²) in [4.78, 5) is 13.1. The molecule has 7 unspecified atom stereocenters. The average molecular weight is 1000 g/mol. The Balaban J connectivity index is 2.20. The zero-order valence-corrected chi connectivity index (χ0v) is 46.0. The molecule has 0 spiro atoms. The molecular weight excluding hydrogens is 887 g/mol. The molecule has 0 aromatic rings. The van der Waals surface area contributed by atoms with Crippen molar-refractivity contribution in [3.8, 4) is 0 Å². The van der Waals surface area contributed by atoms with E-state index < -0.39 is 49.5 Å². The van der Waals surface area contributed by atoms with Gasteiger partial charge in [-0.05, 0) is 57.8 Å². The summed E-state index contributed by atoms with van der Waals surface area (Å²) in [6.45, 7) is 3.75. The van der Waals surface area contributed by atoms with Gasteiger partial charge >= 0.3 is 0 Å². The quantitative estimate of drug-likeness (QED) is 0.0261. The summed E-state index contributed by atoms with van der Waals surface area (Å²) in [5.74, 6) is -0.150. The minimum absolute atomic E-state index is 0.142. The molecule has 0 bridgehead atoms. The molecule has 71 heavy (non-hydrogen) atoms. The first kappa shape index (κ1) is 66.9. The number of hydrogen-bond acceptors (Lipinski definition) is 8. The van der Waals surface area contributed by atoms with E-state index in [1.54, 1.807) is 0 Å². The number of hydrogen-bond donors (Lipinski definition) is 6. The van der Waals surface area contributed by atoms with Crippen molar-refractivity contribution in [2.45, 2.75) is 314 Å². The molecule has 1 aliphatic rings. The molecule has 0 aromatic carbocycles. The standard InChI is InChI=1S/C62H113NO8/c1-3-5-7-9-11-13-15-17-19-21-23-25-27-28-30-32-34-36-38-40-42-44-46-48-50-52-58(66)63-55(54-70-62-61(69)60(68)59(67)57(53-64)71-62)56(65)51-49-47-45-43-41-39-37-35-33-31-29-26-24-22-20-18-16-14-12-10-8-6-4-2/h5,7,11,13,17,19,23,25,28,30,55-57,59-62,64-65,67-69H,3-4,6,8-10,12,14-16,18,20-22,24,26-27,29,31-54H2,1-2H3,(H,63,66)/b7-5-,13-11-,19-17-,25-23-,30-28-. The van der Waals surface area contributed by atoms with E-state index in [1.807, 2.05) is 0 Å². The molecule has 1 saturated heterocycles. The van der Waals surface area contributed by atoms with Crippen LogP contribution in [0.1, 0.15) is 271 Å². The van der Waals surface area contributed by atoms with Crippen LogP contribution in [-0.2, 0) is 14.3 Å². The molecule has 1 aliphatic heterocycles. The van der Waals surface area contributed by atoms with Crippen LogP contribution >= 0.6 is 0 Å². The Kier molecular flexibility index (Phi) is 48.4. The van der Waals surface area contributed by atoms with Crippen molar-refractivity contribution in [2.75, 3.05) is 13.2 Å². The van der Waals surface area contributed by atoms with Gasteiger partial charge in [0, 0.05) is 6.42 Å². The Bertz CT molecular complexity index is 1300. The van der Waals surface area contributed by atoms with Gasteiger partial charge in [-0.25, -0.2) is 0 Å². The summed E-state index contributed by atoms with van der Waals surface area (Å²) in [6, 6.07) is -0.726. The normalized spacial score (nSPS) is 19.7. The van der Waals surface area contributed by atoms with Crippen LogP contribution in [0.25, 0.3) is 0 Å². The summed E-state index contributed by atoms with van der Waals surface area (Å²) in [5.41, 5.74) is 0. The molecular formula is C62H113NO8. The molecule has 1 amide bonds. The lowest BCUT2D eigenvalue weighted by Crippen LogP contribution is -2.60. The van der Waals surface area contributed by atoms with Gasteiger partial charge < -0.3 is 40.3 Å². The van der Waals surface area contributed by atoms with Gasteiger partial charge in [-0.3, -0.25) is 4.79 Å². The highest BCUT2D eigenvalue weighted by molar-refractivity contribution is 5.76. The molecule has 9 heteroatoms. The Hall–Kier alpha value is -2.11. The second-order valence-electron chi connectivity index (χ2n) is 20.8. The molecule has 0 aromatic heterocycles. The predicted octanol–water partition coefficient (Wildman–Crippen LogP) is 15.1. The van der Waals surface area contributed by atoms with Crippen LogP contribution in [0.2, 0.25) is 0 Å². The Morgan fingerprint density at radius 1 is 0.493 bits per heavy atom. The van der Waals surface area contributed by atoms with Gasteiger partial charge in [0.05, 0.1) is 25.4 Å². The lowest BCUT2D eigenvalue weighted by molar-refractivity contribution is -0.302. The Labute approximate surface area is 436 Å². The molecule has 6 N–H and O–H groups in total. The number of aliphatic hydroxyl groups excluding tert-OH is 5. The molecule has 0 radical (unpaired) electrons. The molecule has 0 aliphatic carbocycles. The predicted molar refractivity (Wildman–Crippen MR) is 299 cm³/mol. The van der Waals surface area contributed by atoms with Crippen molar-refractivity contribution in [1.29, 1.82) is 0 Å². The summed E-state index contributed by atoms with van der Waals surface area (Å²) in [7, 11) is 0. The number of nitrogens with one attached hydrogen (secondary N) is 1. The maximum absolute atomic E-state index is 13.1. The first-order chi connectivity index (χ1) is 34.8. The van der Waals surface area contributed by atoms with E-state index in [1.165, 1.54) is 167 Å². The molecule has 1 rings (SSSR count). The summed E-state index contributed by atoms with van der Waals surface area (Å²) < 4.78 is 11.3. The van der Waals surface area contributed by atoms with Crippen LogP contribution in [0.3, 0.4) is 0 Å². The summed E-state index contributed by atoms with van der Waals surface area (Å²) in [5, 5.41) is 54.8. The maximum atomic E-state index is 13.1. The third-order valence-corrected chi connectivity index (χ3v) is 14.1. The van der Waals surface area contributed by atoms with Gasteiger partial charge in [-0.2, -0.15) is 0 Å². The minimum Gasteiger partial charge on any atom is -0.394 e. The molecule has 414 valence electrons. The number of ether oxygens (including phenoxy) is 2.